The van der Waals surface area contributed by atoms with Crippen LogP contribution in [0.2, 0.25) is 0 Å². The molecular formula is C23H25N5O4. The van der Waals surface area contributed by atoms with Crippen LogP contribution in [0.3, 0.4) is 0 Å². The molecule has 3 aromatic rings. The zero-order chi connectivity index (χ0) is 21.8. The number of hydrogen-bond donors (Lipinski definition) is 2. The van der Waals surface area contributed by atoms with Crippen molar-refractivity contribution in [3.05, 3.63) is 78.1 Å². The summed E-state index contributed by atoms with van der Waals surface area (Å²) in [5, 5.41) is 14.3. The van der Waals surface area contributed by atoms with Gasteiger partial charge in [0, 0.05) is 6.54 Å². The zero-order valence-electron chi connectivity index (χ0n) is 17.5. The Hall–Kier alpha value is -3.43. The molecular weight excluding hydrogens is 410 g/mol. The first kappa shape index (κ1) is 20.5. The summed E-state index contributed by atoms with van der Waals surface area (Å²) in [5.74, 6) is 0.782. The van der Waals surface area contributed by atoms with E-state index in [9.17, 15) is 4.79 Å². The molecule has 2 fully saturated rings. The van der Waals surface area contributed by atoms with Crippen molar-refractivity contribution in [1.29, 1.82) is 0 Å². The van der Waals surface area contributed by atoms with E-state index in [0.29, 0.717) is 26.4 Å². The Labute approximate surface area is 185 Å². The maximum atomic E-state index is 12.3. The molecule has 4 atom stereocenters. The van der Waals surface area contributed by atoms with Crippen LogP contribution < -0.4 is 15.4 Å². The molecule has 166 valence electrons. The lowest BCUT2D eigenvalue weighted by atomic mass is 10.1. The molecule has 2 aromatic carbocycles. The van der Waals surface area contributed by atoms with Gasteiger partial charge in [-0.1, -0.05) is 53.7 Å². The van der Waals surface area contributed by atoms with Gasteiger partial charge in [0.2, 0.25) is 0 Å². The number of ether oxygens (including phenoxy) is 3. The second-order valence-electron chi connectivity index (χ2n) is 7.87. The number of carbonyl (C=O) groups excluding carboxylic acids is 1. The van der Waals surface area contributed by atoms with Crippen LogP contribution in [-0.4, -0.2) is 52.5 Å². The van der Waals surface area contributed by atoms with Gasteiger partial charge in [0.15, 0.2) is 0 Å². The highest BCUT2D eigenvalue weighted by atomic mass is 16.6. The van der Waals surface area contributed by atoms with Crippen molar-refractivity contribution in [2.75, 3.05) is 13.2 Å². The molecule has 32 heavy (non-hydrogen) atoms. The van der Waals surface area contributed by atoms with Crippen LogP contribution in [0.5, 0.6) is 5.75 Å². The summed E-state index contributed by atoms with van der Waals surface area (Å²) >= 11 is 0. The van der Waals surface area contributed by atoms with Crippen LogP contribution in [-0.2, 0) is 22.6 Å². The first-order chi connectivity index (χ1) is 15.8. The predicted molar refractivity (Wildman–Crippen MR) is 115 cm³/mol. The summed E-state index contributed by atoms with van der Waals surface area (Å²) in [4.78, 5) is 12.3. The average molecular weight is 435 g/mol. The van der Waals surface area contributed by atoms with Crippen molar-refractivity contribution in [3.8, 4) is 5.75 Å². The smallest absolute Gasteiger partial charge is 0.315 e. The zero-order valence-corrected chi connectivity index (χ0v) is 17.5. The van der Waals surface area contributed by atoms with Crippen molar-refractivity contribution in [3.63, 3.8) is 0 Å². The van der Waals surface area contributed by atoms with Gasteiger partial charge in [-0.25, -0.2) is 9.48 Å². The van der Waals surface area contributed by atoms with Crippen LogP contribution in [0.1, 0.15) is 17.3 Å². The van der Waals surface area contributed by atoms with Gasteiger partial charge in [0.05, 0.1) is 25.5 Å². The van der Waals surface area contributed by atoms with Crippen molar-refractivity contribution in [2.24, 2.45) is 0 Å². The molecule has 9 heteroatoms. The Kier molecular flexibility index (Phi) is 6.00. The van der Waals surface area contributed by atoms with Gasteiger partial charge in [-0.3, -0.25) is 0 Å². The quantitative estimate of drug-likeness (QED) is 0.589. The number of carbonyl (C=O) groups is 1. The van der Waals surface area contributed by atoms with Crippen LogP contribution in [0, 0.1) is 0 Å². The van der Waals surface area contributed by atoms with Crippen LogP contribution in [0.25, 0.3) is 0 Å². The summed E-state index contributed by atoms with van der Waals surface area (Å²) in [5.41, 5.74) is 1.77. The van der Waals surface area contributed by atoms with Crippen molar-refractivity contribution >= 4 is 6.03 Å². The lowest BCUT2D eigenvalue weighted by Gasteiger charge is -2.18. The van der Waals surface area contributed by atoms with E-state index < -0.39 is 0 Å². The van der Waals surface area contributed by atoms with E-state index in [4.69, 9.17) is 14.2 Å². The number of benzene rings is 2. The largest absolute Gasteiger partial charge is 0.487 e. The third-order valence-electron chi connectivity index (χ3n) is 5.67. The number of rotatable bonds is 7. The molecule has 2 N–H and O–H groups in total. The first-order valence-electron chi connectivity index (χ1n) is 10.7. The minimum absolute atomic E-state index is 0.0999. The fraction of sp³-hybridized carbons (Fsp3) is 0.348. The number of aromatic nitrogens is 3. The molecule has 0 aliphatic carbocycles. The van der Waals surface area contributed by atoms with Gasteiger partial charge in [0.1, 0.15) is 36.3 Å². The fourth-order valence-corrected chi connectivity index (χ4v) is 4.04. The highest BCUT2D eigenvalue weighted by Gasteiger charge is 2.49. The number of hydrogen-bond acceptors (Lipinski definition) is 6. The molecule has 0 unspecified atom stereocenters. The van der Waals surface area contributed by atoms with Gasteiger partial charge in [-0.15, -0.1) is 5.10 Å². The SMILES string of the molecule is O=C(NCc1ccccc1)N[C@@H]1CO[C@@H]2[C@@H]1OC[C@@H]2n1cc(COc2ccccc2)nn1. The molecule has 2 amide bonds. The molecule has 5 rings (SSSR count). The normalized spacial score (nSPS) is 24.1. The third kappa shape index (κ3) is 4.58. The lowest BCUT2D eigenvalue weighted by molar-refractivity contribution is 0.0622. The molecule has 3 heterocycles. The lowest BCUT2D eigenvalue weighted by Crippen LogP contribution is -2.48. The maximum absolute atomic E-state index is 12.3. The second kappa shape index (κ2) is 9.37. The van der Waals surface area contributed by atoms with E-state index in [1.165, 1.54) is 0 Å². The number of nitrogens with one attached hydrogen (secondary N) is 2. The van der Waals surface area contributed by atoms with Crippen molar-refractivity contribution in [2.45, 2.75) is 37.4 Å². The molecule has 0 saturated carbocycles. The van der Waals surface area contributed by atoms with E-state index in [1.807, 2.05) is 66.9 Å². The van der Waals surface area contributed by atoms with Gasteiger partial charge in [0.25, 0.3) is 0 Å². The molecule has 2 saturated heterocycles. The van der Waals surface area contributed by atoms with Crippen LogP contribution in [0.15, 0.2) is 66.9 Å². The number of urea groups is 1. The highest BCUT2D eigenvalue weighted by molar-refractivity contribution is 5.74. The van der Waals surface area contributed by atoms with E-state index in [-0.39, 0.29) is 30.3 Å². The minimum atomic E-state index is -0.240. The molecule has 9 nitrogen and oxygen atoms in total. The summed E-state index contributed by atoms with van der Waals surface area (Å²) in [6.45, 7) is 1.63. The summed E-state index contributed by atoms with van der Waals surface area (Å²) in [6, 6.07) is 18.8. The number of para-hydroxylation sites is 1. The topological polar surface area (TPSA) is 99.5 Å². The van der Waals surface area contributed by atoms with Crippen LogP contribution >= 0.6 is 0 Å². The Morgan fingerprint density at radius 3 is 2.59 bits per heavy atom. The maximum Gasteiger partial charge on any atom is 0.315 e. The average Bonchev–Trinajstić information content (AvgIpc) is 3.55. The van der Waals surface area contributed by atoms with E-state index in [2.05, 4.69) is 20.9 Å². The van der Waals surface area contributed by atoms with Gasteiger partial charge in [-0.2, -0.15) is 0 Å². The predicted octanol–water partition coefficient (Wildman–Crippen LogP) is 2.06. The number of fused-ring (bicyclic) bond motifs is 1. The van der Waals surface area contributed by atoms with Gasteiger partial charge in [-0.05, 0) is 17.7 Å². The Balaban J connectivity index is 1.13. The minimum Gasteiger partial charge on any atom is -0.487 e. The van der Waals surface area contributed by atoms with E-state index >= 15 is 0 Å². The number of nitrogens with zero attached hydrogens (tertiary/aromatic N) is 3. The first-order valence-corrected chi connectivity index (χ1v) is 10.7. The molecule has 1 aromatic heterocycles. The van der Waals surface area contributed by atoms with E-state index in [1.54, 1.807) is 4.68 Å². The Morgan fingerprint density at radius 1 is 1.03 bits per heavy atom. The highest BCUT2D eigenvalue weighted by Crippen LogP contribution is 2.34. The molecule has 2 aliphatic rings. The molecule has 0 radical (unpaired) electrons. The Bertz CT molecular complexity index is 1030. The van der Waals surface area contributed by atoms with Gasteiger partial charge >= 0.3 is 6.03 Å². The Morgan fingerprint density at radius 2 is 1.78 bits per heavy atom. The fourth-order valence-electron chi connectivity index (χ4n) is 4.04. The van der Waals surface area contributed by atoms with Crippen LogP contribution in [0.4, 0.5) is 4.79 Å². The monoisotopic (exact) mass is 435 g/mol. The molecule has 0 spiro atoms. The second-order valence-corrected chi connectivity index (χ2v) is 7.87. The summed E-state index contributed by atoms with van der Waals surface area (Å²) in [6.07, 6.45) is 1.44. The standard InChI is InChI=1S/C23H25N5O4/c29-23(24-11-16-7-3-1-4-8-16)25-19-14-31-22-20(15-32-21(19)22)28-12-17(26-27-28)13-30-18-9-5-2-6-10-18/h1-10,12,19-22H,11,13-15H2,(H2,24,25,29)/t19-,20+,21-,22+/m1/s1. The molecule has 2 aliphatic heterocycles. The number of amides is 2. The summed E-state index contributed by atoms with van der Waals surface area (Å²) < 4.78 is 19.5. The van der Waals surface area contributed by atoms with Crippen molar-refractivity contribution in [1.82, 2.24) is 25.6 Å². The van der Waals surface area contributed by atoms with Gasteiger partial charge < -0.3 is 24.8 Å². The van der Waals surface area contributed by atoms with Crippen molar-refractivity contribution < 1.29 is 19.0 Å². The molecule has 0 bridgehead atoms. The summed E-state index contributed by atoms with van der Waals surface area (Å²) in [7, 11) is 0. The van der Waals surface area contributed by atoms with E-state index in [0.717, 1.165) is 17.0 Å². The third-order valence-corrected chi connectivity index (χ3v) is 5.67.